The lowest BCUT2D eigenvalue weighted by molar-refractivity contribution is -0.121. The van der Waals surface area contributed by atoms with Crippen LogP contribution in [0.25, 0.3) is 11.7 Å². The fraction of sp³-hybridized carbons (Fsp3) is 0.250. The molecule has 1 aromatic carbocycles. The summed E-state index contributed by atoms with van der Waals surface area (Å²) in [6.07, 6.45) is 3.38. The second kappa shape index (κ2) is 8.64. The number of para-hydroxylation sites is 1. The van der Waals surface area contributed by atoms with Gasteiger partial charge >= 0.3 is 0 Å². The first-order valence-electron chi connectivity index (χ1n) is 10.7. The van der Waals surface area contributed by atoms with E-state index in [2.05, 4.69) is 21.9 Å². The van der Waals surface area contributed by atoms with Gasteiger partial charge in [0, 0.05) is 45.1 Å². The fourth-order valence-corrected chi connectivity index (χ4v) is 5.32. The normalized spacial score (nSPS) is 18.1. The number of anilines is 2. The summed E-state index contributed by atoms with van der Waals surface area (Å²) in [5.74, 6) is 0.418. The first-order valence-corrected chi connectivity index (χ1v) is 11.9. The van der Waals surface area contributed by atoms with Crippen molar-refractivity contribution >= 4 is 57.4 Å². The molecular weight excluding hydrogens is 454 g/mol. The van der Waals surface area contributed by atoms with E-state index in [0.29, 0.717) is 26.3 Å². The third-order valence-corrected chi connectivity index (χ3v) is 7.51. The Bertz CT molecular complexity index is 1340. The molecule has 9 heteroatoms. The van der Waals surface area contributed by atoms with E-state index in [1.54, 1.807) is 23.7 Å². The number of thioether (sulfide) groups is 1. The quantitative estimate of drug-likeness (QED) is 0.424. The van der Waals surface area contributed by atoms with Crippen molar-refractivity contribution in [2.24, 2.45) is 0 Å². The summed E-state index contributed by atoms with van der Waals surface area (Å²) in [7, 11) is 1.65. The van der Waals surface area contributed by atoms with Crippen LogP contribution in [0.1, 0.15) is 11.1 Å². The minimum absolute atomic E-state index is 0.189. The average molecular weight is 478 g/mol. The Morgan fingerprint density at radius 2 is 1.70 bits per heavy atom. The van der Waals surface area contributed by atoms with Crippen molar-refractivity contribution in [2.45, 2.75) is 6.92 Å². The number of rotatable bonds is 3. The highest BCUT2D eigenvalue weighted by atomic mass is 32.2. The number of amides is 1. The zero-order valence-corrected chi connectivity index (χ0v) is 20.0. The Hall–Kier alpha value is -3.17. The zero-order chi connectivity index (χ0) is 23.1. The van der Waals surface area contributed by atoms with Gasteiger partial charge in [-0.25, -0.2) is 4.98 Å². The summed E-state index contributed by atoms with van der Waals surface area (Å²) in [4.78, 5) is 37.5. The molecule has 2 aromatic heterocycles. The number of carbonyl (C=O) groups is 1. The first kappa shape index (κ1) is 21.7. The highest BCUT2D eigenvalue weighted by molar-refractivity contribution is 8.26. The maximum absolute atomic E-state index is 13.6. The van der Waals surface area contributed by atoms with Crippen molar-refractivity contribution < 1.29 is 4.79 Å². The van der Waals surface area contributed by atoms with Crippen LogP contribution in [0.2, 0.25) is 0 Å². The minimum atomic E-state index is -0.196. The second-order valence-corrected chi connectivity index (χ2v) is 9.77. The van der Waals surface area contributed by atoms with Crippen LogP contribution >= 0.6 is 24.0 Å². The number of hydrogen-bond donors (Lipinski definition) is 0. The molecule has 0 radical (unpaired) electrons. The molecule has 0 bridgehead atoms. The lowest BCUT2D eigenvalue weighted by Crippen LogP contribution is -2.47. The van der Waals surface area contributed by atoms with E-state index in [9.17, 15) is 9.59 Å². The van der Waals surface area contributed by atoms with Crippen molar-refractivity contribution in [1.82, 2.24) is 14.3 Å². The Morgan fingerprint density at radius 3 is 2.36 bits per heavy atom. The molecule has 2 saturated heterocycles. The third-order valence-electron chi connectivity index (χ3n) is 6.03. The van der Waals surface area contributed by atoms with Crippen LogP contribution in [0.4, 0.5) is 11.5 Å². The van der Waals surface area contributed by atoms with Gasteiger partial charge in [0.15, 0.2) is 0 Å². The van der Waals surface area contributed by atoms with E-state index in [1.807, 2.05) is 37.3 Å². The fourth-order valence-electron chi connectivity index (χ4n) is 4.16. The molecular formula is C24H23N5O2S2. The molecule has 2 fully saturated rings. The molecule has 0 unspecified atom stereocenters. The Morgan fingerprint density at radius 1 is 1.00 bits per heavy atom. The van der Waals surface area contributed by atoms with Crippen LogP contribution in [-0.2, 0) is 4.79 Å². The summed E-state index contributed by atoms with van der Waals surface area (Å²) < 4.78 is 2.03. The number of nitrogens with zero attached hydrogens (tertiary/aromatic N) is 5. The van der Waals surface area contributed by atoms with Gasteiger partial charge < -0.3 is 9.80 Å². The number of carbonyl (C=O) groups excluding carboxylic acids is 1. The summed E-state index contributed by atoms with van der Waals surface area (Å²) in [6.45, 7) is 5.02. The summed E-state index contributed by atoms with van der Waals surface area (Å²) in [5.41, 5.74) is 2.96. The number of fused-ring (bicyclic) bond motifs is 1. The largest absolute Gasteiger partial charge is 0.368 e. The van der Waals surface area contributed by atoms with Gasteiger partial charge in [0.1, 0.15) is 15.8 Å². The van der Waals surface area contributed by atoms with Gasteiger partial charge in [-0.2, -0.15) is 0 Å². The van der Waals surface area contributed by atoms with Crippen molar-refractivity contribution in [3.63, 3.8) is 0 Å². The molecule has 5 rings (SSSR count). The van der Waals surface area contributed by atoms with Crippen LogP contribution in [0.15, 0.2) is 58.4 Å². The maximum atomic E-state index is 13.6. The predicted molar refractivity (Wildman–Crippen MR) is 138 cm³/mol. The number of benzene rings is 1. The number of aryl methyl sites for hydroxylation is 1. The Balaban J connectivity index is 1.57. The van der Waals surface area contributed by atoms with Crippen LogP contribution in [-0.4, -0.2) is 57.7 Å². The van der Waals surface area contributed by atoms with Gasteiger partial charge in [-0.1, -0.05) is 48.2 Å². The zero-order valence-electron chi connectivity index (χ0n) is 18.4. The van der Waals surface area contributed by atoms with E-state index in [4.69, 9.17) is 17.2 Å². The number of likely N-dealkylation sites (N-methyl/N-ethyl adjacent to an activating group) is 1. The molecule has 168 valence electrons. The third kappa shape index (κ3) is 3.91. The number of pyridine rings is 1. The molecule has 7 nitrogen and oxygen atoms in total. The van der Waals surface area contributed by atoms with Gasteiger partial charge in [-0.05, 0) is 36.8 Å². The van der Waals surface area contributed by atoms with Crippen molar-refractivity contribution in [3.8, 4) is 0 Å². The molecule has 1 amide bonds. The van der Waals surface area contributed by atoms with E-state index in [-0.39, 0.29) is 11.5 Å². The van der Waals surface area contributed by atoms with E-state index in [0.717, 1.165) is 31.7 Å². The van der Waals surface area contributed by atoms with E-state index in [1.165, 1.54) is 22.3 Å². The topological polar surface area (TPSA) is 61.2 Å². The van der Waals surface area contributed by atoms with Gasteiger partial charge in [0.05, 0.1) is 10.5 Å². The molecule has 0 atom stereocenters. The monoisotopic (exact) mass is 477 g/mol. The molecule has 2 aliphatic rings. The van der Waals surface area contributed by atoms with Gasteiger partial charge in [-0.15, -0.1) is 0 Å². The van der Waals surface area contributed by atoms with Gasteiger partial charge in [0.25, 0.3) is 11.5 Å². The highest BCUT2D eigenvalue weighted by Crippen LogP contribution is 2.33. The van der Waals surface area contributed by atoms with E-state index >= 15 is 0 Å². The SMILES string of the molecule is Cc1cccn2c(=O)c(/C=C3/SC(=S)N(C)C3=O)c(N3CCN(c4ccccc4)CC3)nc12. The highest BCUT2D eigenvalue weighted by Gasteiger charge is 2.30. The van der Waals surface area contributed by atoms with E-state index < -0.39 is 0 Å². The summed E-state index contributed by atoms with van der Waals surface area (Å²) in [6, 6.07) is 14.1. The minimum Gasteiger partial charge on any atom is -0.368 e. The average Bonchev–Trinajstić information content (AvgIpc) is 3.08. The maximum Gasteiger partial charge on any atom is 0.267 e. The van der Waals surface area contributed by atoms with Crippen LogP contribution < -0.4 is 15.4 Å². The summed E-state index contributed by atoms with van der Waals surface area (Å²) >= 11 is 6.48. The Kier molecular flexibility index (Phi) is 5.67. The predicted octanol–water partition coefficient (Wildman–Crippen LogP) is 3.16. The molecule has 0 N–H and O–H groups in total. The molecule has 4 heterocycles. The van der Waals surface area contributed by atoms with Crippen molar-refractivity contribution in [2.75, 3.05) is 43.0 Å². The molecule has 2 aliphatic heterocycles. The number of piperazine rings is 1. The van der Waals surface area contributed by atoms with Crippen molar-refractivity contribution in [3.05, 3.63) is 75.0 Å². The van der Waals surface area contributed by atoms with Crippen LogP contribution in [0.5, 0.6) is 0 Å². The molecule has 33 heavy (non-hydrogen) atoms. The molecule has 0 aliphatic carbocycles. The van der Waals surface area contributed by atoms with Gasteiger partial charge in [-0.3, -0.25) is 18.9 Å². The Labute approximate surface area is 201 Å². The second-order valence-electron chi connectivity index (χ2n) is 8.09. The number of aromatic nitrogens is 2. The van der Waals surface area contributed by atoms with Crippen LogP contribution in [0.3, 0.4) is 0 Å². The number of thiocarbonyl (C=S) groups is 1. The lowest BCUT2D eigenvalue weighted by Gasteiger charge is -2.37. The van der Waals surface area contributed by atoms with Gasteiger partial charge in [0.2, 0.25) is 0 Å². The lowest BCUT2D eigenvalue weighted by atomic mass is 10.2. The van der Waals surface area contributed by atoms with Crippen LogP contribution in [0, 0.1) is 6.92 Å². The standard InChI is InChI=1S/C24H23N5O2S2/c1-16-7-6-10-29-20(16)25-21(18(22(29)30)15-19-23(31)26(2)24(32)33-19)28-13-11-27(12-14-28)17-8-4-3-5-9-17/h3-10,15H,11-14H2,1-2H3/b19-15+. The molecule has 0 saturated carbocycles. The number of hydrogen-bond acceptors (Lipinski definition) is 7. The smallest absolute Gasteiger partial charge is 0.267 e. The summed E-state index contributed by atoms with van der Waals surface area (Å²) in [5, 5.41) is 0. The molecule has 0 spiro atoms. The molecule has 3 aromatic rings. The van der Waals surface area contributed by atoms with Crippen molar-refractivity contribution in [1.29, 1.82) is 0 Å². The first-order chi connectivity index (χ1) is 15.9.